The summed E-state index contributed by atoms with van der Waals surface area (Å²) >= 11 is 0. The second-order valence-electron chi connectivity index (χ2n) is 6.49. The van der Waals surface area contributed by atoms with Gasteiger partial charge in [-0.3, -0.25) is 0 Å². The number of likely N-dealkylation sites (N-methyl/N-ethyl adjacent to an activating group) is 1. The quantitative estimate of drug-likeness (QED) is 0.893. The summed E-state index contributed by atoms with van der Waals surface area (Å²) in [5, 5.41) is 2.70. The Hall–Kier alpha value is -1.95. The molecule has 0 spiro atoms. The highest BCUT2D eigenvalue weighted by Gasteiger charge is 2.19. The maximum Gasteiger partial charge on any atom is 0.407 e. The molecule has 0 aromatic heterocycles. The van der Waals surface area contributed by atoms with Crippen LogP contribution in [-0.4, -0.2) is 38.4 Å². The normalized spacial score (nSPS) is 15.6. The third kappa shape index (κ3) is 4.27. The van der Waals surface area contributed by atoms with Gasteiger partial charge < -0.3 is 25.4 Å². The minimum atomic E-state index is -0.514. The highest BCUT2D eigenvalue weighted by molar-refractivity contribution is 5.67. The molecule has 6 heteroatoms. The number of anilines is 1. The highest BCUT2D eigenvalue weighted by Crippen LogP contribution is 2.32. The van der Waals surface area contributed by atoms with E-state index in [9.17, 15) is 4.79 Å². The first-order valence-electron chi connectivity index (χ1n) is 7.46. The van der Waals surface area contributed by atoms with Crippen LogP contribution >= 0.6 is 0 Å². The predicted molar refractivity (Wildman–Crippen MR) is 86.4 cm³/mol. The molecule has 0 radical (unpaired) electrons. The molecule has 3 N–H and O–H groups in total. The van der Waals surface area contributed by atoms with Gasteiger partial charge in [0.05, 0.1) is 12.2 Å². The van der Waals surface area contributed by atoms with Gasteiger partial charge in [-0.25, -0.2) is 4.79 Å². The summed E-state index contributed by atoms with van der Waals surface area (Å²) in [6.45, 7) is 7.33. The molecule has 0 saturated carbocycles. The van der Waals surface area contributed by atoms with E-state index in [0.717, 1.165) is 23.5 Å². The van der Waals surface area contributed by atoms with Gasteiger partial charge in [-0.2, -0.15) is 0 Å². The second-order valence-corrected chi connectivity index (χ2v) is 6.49. The molecule has 1 aliphatic rings. The molecule has 1 aromatic rings. The molecule has 0 aliphatic carbocycles. The molecule has 0 fully saturated rings. The Morgan fingerprint density at radius 3 is 2.91 bits per heavy atom. The number of alkyl carbamates (subject to hydrolysis) is 1. The van der Waals surface area contributed by atoms with Gasteiger partial charge in [-0.1, -0.05) is 6.07 Å². The second kappa shape index (κ2) is 6.44. The van der Waals surface area contributed by atoms with Gasteiger partial charge in [0.15, 0.2) is 0 Å². The fraction of sp³-hybridized carbons (Fsp3) is 0.562. The van der Waals surface area contributed by atoms with Gasteiger partial charge in [-0.15, -0.1) is 0 Å². The molecule has 1 unspecified atom stereocenters. The van der Waals surface area contributed by atoms with Crippen LogP contribution in [0.2, 0.25) is 0 Å². The smallest absolute Gasteiger partial charge is 0.407 e. The van der Waals surface area contributed by atoms with E-state index in [0.29, 0.717) is 13.2 Å². The number of nitrogens with one attached hydrogen (secondary N) is 1. The van der Waals surface area contributed by atoms with Gasteiger partial charge in [0.25, 0.3) is 0 Å². The zero-order chi connectivity index (χ0) is 16.3. The van der Waals surface area contributed by atoms with Crippen molar-refractivity contribution >= 4 is 11.8 Å². The first kappa shape index (κ1) is 16.4. The van der Waals surface area contributed by atoms with Gasteiger partial charge in [-0.05, 0) is 38.5 Å². The van der Waals surface area contributed by atoms with Crippen LogP contribution < -0.4 is 20.7 Å². The minimum Gasteiger partial charge on any atom is -0.490 e. The van der Waals surface area contributed by atoms with E-state index in [1.165, 1.54) is 0 Å². The fourth-order valence-electron chi connectivity index (χ4n) is 2.22. The van der Waals surface area contributed by atoms with Gasteiger partial charge >= 0.3 is 6.09 Å². The largest absolute Gasteiger partial charge is 0.490 e. The summed E-state index contributed by atoms with van der Waals surface area (Å²) in [6, 6.07) is 5.57. The molecule has 22 heavy (non-hydrogen) atoms. The number of ether oxygens (including phenoxy) is 2. The van der Waals surface area contributed by atoms with E-state index in [1.54, 1.807) is 0 Å². The van der Waals surface area contributed by atoms with E-state index >= 15 is 0 Å². The molecular weight excluding hydrogens is 282 g/mol. The van der Waals surface area contributed by atoms with Crippen molar-refractivity contribution in [1.29, 1.82) is 0 Å². The molecular formula is C16H25N3O3. The summed E-state index contributed by atoms with van der Waals surface area (Å²) in [4.78, 5) is 13.8. The summed E-state index contributed by atoms with van der Waals surface area (Å²) < 4.78 is 10.8. The lowest BCUT2D eigenvalue weighted by atomic mass is 10.1. The standard InChI is InChI=1S/C16H25N3O3/c1-16(2,3)22-15(20)18-10-12(17)11-5-6-14-13(9-11)19(4)7-8-21-14/h5-6,9,12H,7-8,10,17H2,1-4H3,(H,18,20). The van der Waals surface area contributed by atoms with Crippen molar-refractivity contribution in [1.82, 2.24) is 5.32 Å². The predicted octanol–water partition coefficient (Wildman–Crippen LogP) is 2.04. The number of carbonyl (C=O) groups excluding carboxylic acids is 1. The summed E-state index contributed by atoms with van der Waals surface area (Å²) in [6.07, 6.45) is -0.457. The average Bonchev–Trinajstić information content (AvgIpc) is 2.43. The number of fused-ring (bicyclic) bond motifs is 1. The third-order valence-electron chi connectivity index (χ3n) is 3.37. The summed E-state index contributed by atoms with van der Waals surface area (Å²) in [5.74, 6) is 0.866. The van der Waals surface area contributed by atoms with Crippen molar-refractivity contribution in [3.63, 3.8) is 0 Å². The Kier molecular flexibility index (Phi) is 4.81. The summed E-state index contributed by atoms with van der Waals surface area (Å²) in [7, 11) is 2.02. The van der Waals surface area contributed by atoms with Crippen molar-refractivity contribution in [3.05, 3.63) is 23.8 Å². The van der Waals surface area contributed by atoms with Crippen LogP contribution in [-0.2, 0) is 4.74 Å². The molecule has 2 rings (SSSR count). The average molecular weight is 307 g/mol. The molecule has 1 atom stereocenters. The topological polar surface area (TPSA) is 76.8 Å². The van der Waals surface area contributed by atoms with E-state index in [2.05, 4.69) is 10.2 Å². The van der Waals surface area contributed by atoms with Gasteiger partial charge in [0, 0.05) is 19.6 Å². The number of amides is 1. The molecule has 1 aliphatic heterocycles. The first-order valence-corrected chi connectivity index (χ1v) is 7.46. The van der Waals surface area contributed by atoms with E-state index in [-0.39, 0.29) is 6.04 Å². The van der Waals surface area contributed by atoms with Gasteiger partial charge in [0.2, 0.25) is 0 Å². The van der Waals surface area contributed by atoms with Crippen molar-refractivity contribution < 1.29 is 14.3 Å². The number of benzene rings is 1. The van der Waals surface area contributed by atoms with E-state index < -0.39 is 11.7 Å². The van der Waals surface area contributed by atoms with Crippen LogP contribution in [0.25, 0.3) is 0 Å². The number of hydrogen-bond donors (Lipinski definition) is 2. The Morgan fingerprint density at radius 2 is 2.23 bits per heavy atom. The number of nitrogens with two attached hydrogens (primary N) is 1. The minimum absolute atomic E-state index is 0.298. The van der Waals surface area contributed by atoms with Crippen LogP contribution in [0.4, 0.5) is 10.5 Å². The van der Waals surface area contributed by atoms with Crippen molar-refractivity contribution in [2.45, 2.75) is 32.4 Å². The van der Waals surface area contributed by atoms with Crippen LogP contribution in [0.3, 0.4) is 0 Å². The van der Waals surface area contributed by atoms with Crippen LogP contribution in [0, 0.1) is 0 Å². The number of carbonyl (C=O) groups is 1. The number of rotatable bonds is 3. The molecule has 1 aromatic carbocycles. The SMILES string of the molecule is CN1CCOc2ccc(C(N)CNC(=O)OC(C)(C)C)cc21. The molecule has 122 valence electrons. The zero-order valence-corrected chi connectivity index (χ0v) is 13.7. The number of hydrogen-bond acceptors (Lipinski definition) is 5. The number of nitrogens with zero attached hydrogens (tertiary/aromatic N) is 1. The lowest BCUT2D eigenvalue weighted by Crippen LogP contribution is -2.36. The third-order valence-corrected chi connectivity index (χ3v) is 3.37. The maximum absolute atomic E-state index is 11.7. The molecule has 1 amide bonds. The van der Waals surface area contributed by atoms with Crippen LogP contribution in [0.1, 0.15) is 32.4 Å². The lowest BCUT2D eigenvalue weighted by Gasteiger charge is -2.28. The molecule has 1 heterocycles. The van der Waals surface area contributed by atoms with E-state index in [4.69, 9.17) is 15.2 Å². The Labute approximate surface area is 131 Å². The van der Waals surface area contributed by atoms with E-state index in [1.807, 2.05) is 46.0 Å². The summed E-state index contributed by atoms with van der Waals surface area (Å²) in [5.41, 5.74) is 7.62. The Morgan fingerprint density at radius 1 is 1.50 bits per heavy atom. The Bertz CT molecular complexity index is 540. The van der Waals surface area contributed by atoms with Crippen LogP contribution in [0.15, 0.2) is 18.2 Å². The zero-order valence-electron chi connectivity index (χ0n) is 13.7. The van der Waals surface area contributed by atoms with Crippen molar-refractivity contribution in [2.75, 3.05) is 31.6 Å². The van der Waals surface area contributed by atoms with Crippen LogP contribution in [0.5, 0.6) is 5.75 Å². The first-order chi connectivity index (χ1) is 10.3. The monoisotopic (exact) mass is 307 g/mol. The highest BCUT2D eigenvalue weighted by atomic mass is 16.6. The maximum atomic E-state index is 11.7. The molecule has 6 nitrogen and oxygen atoms in total. The van der Waals surface area contributed by atoms with Crippen molar-refractivity contribution in [2.24, 2.45) is 5.73 Å². The Balaban J connectivity index is 1.97. The van der Waals surface area contributed by atoms with Gasteiger partial charge in [0.1, 0.15) is 18.0 Å². The molecule has 0 saturated heterocycles. The molecule has 0 bridgehead atoms. The van der Waals surface area contributed by atoms with Crippen molar-refractivity contribution in [3.8, 4) is 5.75 Å². The fourth-order valence-corrected chi connectivity index (χ4v) is 2.22. The lowest BCUT2D eigenvalue weighted by molar-refractivity contribution is 0.0524.